The maximum absolute atomic E-state index is 12.6. The molecule has 2 heterocycles. The fourth-order valence-corrected chi connectivity index (χ4v) is 3.50. The highest BCUT2D eigenvalue weighted by molar-refractivity contribution is 6.01. The summed E-state index contributed by atoms with van der Waals surface area (Å²) in [4.78, 5) is 31.8. The quantitative estimate of drug-likeness (QED) is 0.264. The van der Waals surface area contributed by atoms with Crippen molar-refractivity contribution in [3.63, 3.8) is 0 Å². The van der Waals surface area contributed by atoms with Crippen LogP contribution in [0, 0.1) is 10.8 Å². The van der Waals surface area contributed by atoms with Gasteiger partial charge in [-0.15, -0.1) is 0 Å². The standard InChI is InChI=1S/C25H31F3N6O2/c1-16(2)34(15-29)23(30)17(3)6-5-7-18(4)32-24(36)21-12-20-14-33(11-9-19(20)13-31-21)22(35)8-10-25(26,27)28/h5-7,12-13,15-16,29-30H,4,8-11,14H2,1-3H3,(H,32,36)/b7-5-,17-6+,29-15?,30-23?. The Kier molecular flexibility index (Phi) is 9.71. The van der Waals surface area contributed by atoms with Gasteiger partial charge in [-0.2, -0.15) is 13.2 Å². The molecule has 1 aliphatic rings. The predicted octanol–water partition coefficient (Wildman–Crippen LogP) is 4.35. The third-order valence-electron chi connectivity index (χ3n) is 5.55. The summed E-state index contributed by atoms with van der Waals surface area (Å²) >= 11 is 0. The molecular weight excluding hydrogens is 473 g/mol. The van der Waals surface area contributed by atoms with Crippen molar-refractivity contribution in [3.8, 4) is 0 Å². The molecule has 1 aromatic rings. The molecule has 1 aromatic heterocycles. The van der Waals surface area contributed by atoms with E-state index in [1.165, 1.54) is 15.9 Å². The molecule has 0 spiro atoms. The monoisotopic (exact) mass is 504 g/mol. The number of allylic oxidation sites excluding steroid dienone is 3. The van der Waals surface area contributed by atoms with E-state index in [0.29, 0.717) is 24.1 Å². The SMILES string of the molecule is C=C(/C=C\C=C(/C)C(=N)N(C=N)C(C)C)NC(=O)c1cc2c(cn1)CCN(C(=O)CCC(F)(F)F)C2. The van der Waals surface area contributed by atoms with Crippen LogP contribution in [0.5, 0.6) is 0 Å². The predicted molar refractivity (Wildman–Crippen MR) is 132 cm³/mol. The summed E-state index contributed by atoms with van der Waals surface area (Å²) in [7, 11) is 0. The van der Waals surface area contributed by atoms with Crippen molar-refractivity contribution < 1.29 is 22.8 Å². The first-order chi connectivity index (χ1) is 16.8. The molecule has 194 valence electrons. The number of halogens is 3. The van der Waals surface area contributed by atoms with Crippen LogP contribution in [0.15, 0.2) is 48.3 Å². The third-order valence-corrected chi connectivity index (χ3v) is 5.55. The number of pyridine rings is 1. The van der Waals surface area contributed by atoms with Crippen LogP contribution < -0.4 is 5.32 Å². The molecule has 0 aliphatic carbocycles. The van der Waals surface area contributed by atoms with E-state index < -0.39 is 30.8 Å². The molecule has 8 nitrogen and oxygen atoms in total. The average molecular weight is 505 g/mol. The second kappa shape index (κ2) is 12.3. The lowest BCUT2D eigenvalue weighted by Gasteiger charge is -2.29. The number of amidine groups is 1. The van der Waals surface area contributed by atoms with E-state index in [0.717, 1.165) is 11.9 Å². The zero-order valence-corrected chi connectivity index (χ0v) is 20.6. The molecule has 0 fully saturated rings. The van der Waals surface area contributed by atoms with Crippen LogP contribution in [0.1, 0.15) is 55.2 Å². The minimum Gasteiger partial charge on any atom is -0.338 e. The number of amides is 2. The van der Waals surface area contributed by atoms with Crippen molar-refractivity contribution in [1.82, 2.24) is 20.1 Å². The molecule has 0 unspecified atom stereocenters. The van der Waals surface area contributed by atoms with Crippen LogP contribution in [-0.4, -0.2) is 57.5 Å². The van der Waals surface area contributed by atoms with Crippen LogP contribution in [-0.2, 0) is 17.8 Å². The molecule has 1 aliphatic heterocycles. The zero-order chi connectivity index (χ0) is 27.0. The summed E-state index contributed by atoms with van der Waals surface area (Å²) in [6, 6.07) is 1.50. The minimum absolute atomic E-state index is 0.0363. The molecule has 36 heavy (non-hydrogen) atoms. The average Bonchev–Trinajstić information content (AvgIpc) is 2.81. The Balaban J connectivity index is 1.99. The van der Waals surface area contributed by atoms with Crippen LogP contribution >= 0.6 is 0 Å². The number of rotatable bonds is 9. The molecular formula is C25H31F3N6O2. The van der Waals surface area contributed by atoms with Gasteiger partial charge in [0.2, 0.25) is 5.91 Å². The summed E-state index contributed by atoms with van der Waals surface area (Å²) in [5.74, 6) is -0.910. The fraction of sp³-hybridized carbons (Fsp3) is 0.400. The van der Waals surface area contributed by atoms with E-state index in [9.17, 15) is 22.8 Å². The van der Waals surface area contributed by atoms with Crippen molar-refractivity contribution in [3.05, 3.63) is 65.2 Å². The number of aromatic nitrogens is 1. The van der Waals surface area contributed by atoms with E-state index in [2.05, 4.69) is 16.9 Å². The summed E-state index contributed by atoms with van der Waals surface area (Å²) < 4.78 is 37.3. The topological polar surface area (TPSA) is 113 Å². The number of fused-ring (bicyclic) bond motifs is 1. The van der Waals surface area contributed by atoms with Gasteiger partial charge in [0.05, 0.1) is 12.8 Å². The molecule has 2 rings (SSSR count). The summed E-state index contributed by atoms with van der Waals surface area (Å²) in [6.45, 7) is 9.69. The van der Waals surface area contributed by atoms with Gasteiger partial charge in [0.1, 0.15) is 11.5 Å². The van der Waals surface area contributed by atoms with E-state index in [1.807, 2.05) is 13.8 Å². The van der Waals surface area contributed by atoms with Crippen molar-refractivity contribution in [2.75, 3.05) is 6.54 Å². The number of nitrogens with one attached hydrogen (secondary N) is 3. The number of hydrogen-bond acceptors (Lipinski definition) is 5. The molecule has 0 radical (unpaired) electrons. The van der Waals surface area contributed by atoms with Gasteiger partial charge in [-0.3, -0.25) is 25.4 Å². The summed E-state index contributed by atoms with van der Waals surface area (Å²) in [5.41, 5.74) is 2.51. The lowest BCUT2D eigenvalue weighted by Crippen LogP contribution is -2.36. The number of nitrogens with zero attached hydrogens (tertiary/aromatic N) is 3. The Morgan fingerprint density at radius 1 is 1.33 bits per heavy atom. The summed E-state index contributed by atoms with van der Waals surface area (Å²) in [5, 5.41) is 18.2. The third kappa shape index (κ3) is 8.17. The molecule has 0 bridgehead atoms. The number of carbonyl (C=O) groups excluding carboxylic acids is 2. The highest BCUT2D eigenvalue weighted by atomic mass is 19.4. The van der Waals surface area contributed by atoms with Gasteiger partial charge >= 0.3 is 6.18 Å². The molecule has 11 heteroatoms. The van der Waals surface area contributed by atoms with Gasteiger partial charge in [-0.25, -0.2) is 0 Å². The van der Waals surface area contributed by atoms with E-state index >= 15 is 0 Å². The Hall–Kier alpha value is -3.76. The molecule has 3 N–H and O–H groups in total. The second-order valence-corrected chi connectivity index (χ2v) is 8.69. The normalized spacial score (nSPS) is 14.0. The number of hydrogen-bond donors (Lipinski definition) is 3. The number of carbonyl (C=O) groups is 2. The van der Waals surface area contributed by atoms with E-state index in [1.54, 1.807) is 31.3 Å². The van der Waals surface area contributed by atoms with Crippen molar-refractivity contribution in [1.29, 1.82) is 10.8 Å². The van der Waals surface area contributed by atoms with Gasteiger partial charge in [0.15, 0.2) is 0 Å². The lowest BCUT2D eigenvalue weighted by atomic mass is 10.0. The Morgan fingerprint density at radius 3 is 2.64 bits per heavy atom. The van der Waals surface area contributed by atoms with Gasteiger partial charge in [-0.05, 0) is 56.0 Å². The van der Waals surface area contributed by atoms with Crippen LogP contribution in [0.4, 0.5) is 13.2 Å². The van der Waals surface area contributed by atoms with Gasteiger partial charge in [0.25, 0.3) is 5.91 Å². The van der Waals surface area contributed by atoms with E-state index in [4.69, 9.17) is 10.8 Å². The summed E-state index contributed by atoms with van der Waals surface area (Å²) in [6.07, 6.45) is 1.78. The first-order valence-corrected chi connectivity index (χ1v) is 11.4. The molecule has 0 atom stereocenters. The van der Waals surface area contributed by atoms with Crippen LogP contribution in [0.25, 0.3) is 0 Å². The largest absolute Gasteiger partial charge is 0.389 e. The fourth-order valence-electron chi connectivity index (χ4n) is 3.50. The van der Waals surface area contributed by atoms with Gasteiger partial charge < -0.3 is 15.1 Å². The Bertz CT molecular complexity index is 1090. The Morgan fingerprint density at radius 2 is 2.03 bits per heavy atom. The zero-order valence-electron chi connectivity index (χ0n) is 20.6. The highest BCUT2D eigenvalue weighted by Crippen LogP contribution is 2.24. The maximum atomic E-state index is 12.6. The molecule has 0 aromatic carbocycles. The molecule has 0 saturated heterocycles. The van der Waals surface area contributed by atoms with Crippen molar-refractivity contribution >= 4 is 24.0 Å². The number of alkyl halides is 3. The maximum Gasteiger partial charge on any atom is 0.389 e. The first-order valence-electron chi connectivity index (χ1n) is 11.4. The second-order valence-electron chi connectivity index (χ2n) is 8.69. The van der Waals surface area contributed by atoms with E-state index in [-0.39, 0.29) is 29.8 Å². The van der Waals surface area contributed by atoms with Crippen LogP contribution in [0.2, 0.25) is 0 Å². The lowest BCUT2D eigenvalue weighted by molar-refractivity contribution is -0.149. The van der Waals surface area contributed by atoms with Gasteiger partial charge in [0, 0.05) is 37.4 Å². The smallest absolute Gasteiger partial charge is 0.338 e. The molecule has 2 amide bonds. The van der Waals surface area contributed by atoms with Crippen molar-refractivity contribution in [2.24, 2.45) is 0 Å². The van der Waals surface area contributed by atoms with Crippen molar-refractivity contribution in [2.45, 2.75) is 58.8 Å². The highest BCUT2D eigenvalue weighted by Gasteiger charge is 2.30. The minimum atomic E-state index is -4.39. The first kappa shape index (κ1) is 28.5. The van der Waals surface area contributed by atoms with Gasteiger partial charge in [-0.1, -0.05) is 18.7 Å². The van der Waals surface area contributed by atoms with Crippen LogP contribution in [0.3, 0.4) is 0 Å². The Labute approximate surface area is 208 Å². The molecule has 0 saturated carbocycles.